The summed E-state index contributed by atoms with van der Waals surface area (Å²) in [7, 11) is -0.775. The molecule has 0 bridgehead atoms. The fourth-order valence-corrected chi connectivity index (χ4v) is 5.35. The van der Waals surface area contributed by atoms with Gasteiger partial charge < -0.3 is 5.32 Å². The summed E-state index contributed by atoms with van der Waals surface area (Å²) in [6.45, 7) is 1.96. The maximum Gasteiger partial charge on any atom is 0.251 e. The Morgan fingerprint density at radius 1 is 1.48 bits per heavy atom. The molecule has 0 aromatic heterocycles. The minimum atomic E-state index is -0.775. The molecule has 1 N–H and O–H groups in total. The fraction of sp³-hybridized carbons (Fsp3) is 0.857. The molecule has 1 saturated heterocycles. The lowest BCUT2D eigenvalue weighted by Gasteiger charge is -2.34. The highest BCUT2D eigenvalue weighted by atomic mass is 32.2. The van der Waals surface area contributed by atoms with Crippen molar-refractivity contribution < 1.29 is 9.00 Å². The molecule has 1 saturated carbocycles. The predicted octanol–water partition coefficient (Wildman–Crippen LogP) is 1.90. The maximum absolute atomic E-state index is 12.6. The maximum atomic E-state index is 12.6. The molecule has 4 atom stereocenters. The van der Waals surface area contributed by atoms with Crippen LogP contribution < -0.4 is 5.32 Å². The average molecular weight is 349 g/mol. The van der Waals surface area contributed by atoms with Crippen molar-refractivity contribution in [1.29, 1.82) is 0 Å². The van der Waals surface area contributed by atoms with Crippen molar-refractivity contribution in [3.63, 3.8) is 0 Å². The van der Waals surface area contributed by atoms with E-state index in [1.54, 1.807) is 16.7 Å². The topological polar surface area (TPSA) is 49.4 Å². The Morgan fingerprint density at radius 2 is 2.24 bits per heavy atom. The zero-order valence-electron chi connectivity index (χ0n) is 12.7. The number of nitrogens with zero attached hydrogens (tertiary/aromatic N) is 1. The molecule has 0 spiro atoms. The van der Waals surface area contributed by atoms with Crippen LogP contribution in [0.2, 0.25) is 0 Å². The predicted molar refractivity (Wildman–Crippen MR) is 94.1 cm³/mol. The van der Waals surface area contributed by atoms with Crippen LogP contribution in [0.5, 0.6) is 0 Å². The first kappa shape index (κ1) is 17.2. The summed E-state index contributed by atoms with van der Waals surface area (Å²) in [6.07, 6.45) is 6.69. The Morgan fingerprint density at radius 3 is 2.90 bits per heavy atom. The molecule has 1 aliphatic carbocycles. The first-order valence-electron chi connectivity index (χ1n) is 7.58. The van der Waals surface area contributed by atoms with Gasteiger partial charge in [-0.3, -0.25) is 13.9 Å². The number of thioether (sulfide) groups is 1. The van der Waals surface area contributed by atoms with E-state index >= 15 is 0 Å². The molecule has 2 fully saturated rings. The molecule has 1 amide bonds. The standard InChI is InChI=1S/C14H24N2O2S3/c1-3-21(18)11-6-4-5-10(9-11)16-13(17)12(7-8-20-2)15-14(16)19/h10-12H,3-9H2,1-2H3,(H,15,19)/t10-,11-,12-,21+/m1/s1. The van der Waals surface area contributed by atoms with Crippen LogP contribution in [-0.2, 0) is 15.6 Å². The summed E-state index contributed by atoms with van der Waals surface area (Å²) in [4.78, 5) is 14.3. The largest absolute Gasteiger partial charge is 0.350 e. The monoisotopic (exact) mass is 348 g/mol. The Labute approximate surface area is 139 Å². The summed E-state index contributed by atoms with van der Waals surface area (Å²) < 4.78 is 12.1. The zero-order valence-corrected chi connectivity index (χ0v) is 15.1. The molecular formula is C14H24N2O2S3. The number of thiocarbonyl (C=S) groups is 1. The van der Waals surface area contributed by atoms with Gasteiger partial charge in [-0.25, -0.2) is 0 Å². The van der Waals surface area contributed by atoms with Crippen LogP contribution in [-0.4, -0.2) is 55.2 Å². The number of hydrogen-bond acceptors (Lipinski definition) is 4. The van der Waals surface area contributed by atoms with E-state index in [4.69, 9.17) is 12.2 Å². The van der Waals surface area contributed by atoms with Gasteiger partial charge in [0.1, 0.15) is 6.04 Å². The molecule has 1 aliphatic heterocycles. The Hall–Kier alpha value is -0.140. The van der Waals surface area contributed by atoms with E-state index in [0.717, 1.165) is 37.9 Å². The number of amides is 1. The van der Waals surface area contributed by atoms with E-state index in [0.29, 0.717) is 10.9 Å². The van der Waals surface area contributed by atoms with Crippen LogP contribution >= 0.6 is 24.0 Å². The third-order valence-electron chi connectivity index (χ3n) is 4.28. The zero-order chi connectivity index (χ0) is 15.4. The Balaban J connectivity index is 2.01. The summed E-state index contributed by atoms with van der Waals surface area (Å²) in [5, 5.41) is 3.95. The molecule has 2 rings (SSSR count). The van der Waals surface area contributed by atoms with Crippen LogP contribution in [0.15, 0.2) is 0 Å². The summed E-state index contributed by atoms with van der Waals surface area (Å²) in [6, 6.07) is -0.0342. The van der Waals surface area contributed by atoms with Gasteiger partial charge in [0.2, 0.25) is 0 Å². The van der Waals surface area contributed by atoms with E-state index in [1.807, 2.05) is 13.2 Å². The first-order valence-corrected chi connectivity index (χ1v) is 10.8. The quantitative estimate of drug-likeness (QED) is 0.743. The van der Waals surface area contributed by atoms with E-state index < -0.39 is 10.8 Å². The number of nitrogens with one attached hydrogen (secondary N) is 1. The van der Waals surface area contributed by atoms with Crippen LogP contribution in [0.1, 0.15) is 39.0 Å². The van der Waals surface area contributed by atoms with Crippen molar-refractivity contribution in [2.75, 3.05) is 17.8 Å². The first-order chi connectivity index (χ1) is 10.1. The van der Waals surface area contributed by atoms with Gasteiger partial charge >= 0.3 is 0 Å². The van der Waals surface area contributed by atoms with Crippen LogP contribution in [0.3, 0.4) is 0 Å². The highest BCUT2D eigenvalue weighted by Crippen LogP contribution is 2.29. The third kappa shape index (κ3) is 3.99. The molecule has 21 heavy (non-hydrogen) atoms. The van der Waals surface area contributed by atoms with Crippen LogP contribution in [0.25, 0.3) is 0 Å². The number of carbonyl (C=O) groups is 1. The third-order valence-corrected chi connectivity index (χ3v) is 6.98. The van der Waals surface area contributed by atoms with Crippen molar-refractivity contribution in [2.24, 2.45) is 0 Å². The van der Waals surface area contributed by atoms with Crippen molar-refractivity contribution in [3.8, 4) is 0 Å². The minimum absolute atomic E-state index is 0.113. The molecule has 2 aliphatic rings. The molecule has 7 heteroatoms. The Bertz CT molecular complexity index is 430. The van der Waals surface area contributed by atoms with Gasteiger partial charge in [0.05, 0.1) is 0 Å². The molecule has 0 unspecified atom stereocenters. The smallest absolute Gasteiger partial charge is 0.251 e. The molecule has 4 nitrogen and oxygen atoms in total. The van der Waals surface area contributed by atoms with E-state index in [2.05, 4.69) is 5.32 Å². The van der Waals surface area contributed by atoms with Crippen molar-refractivity contribution in [2.45, 2.75) is 56.4 Å². The lowest BCUT2D eigenvalue weighted by molar-refractivity contribution is -0.129. The van der Waals surface area contributed by atoms with Gasteiger partial charge in [0.15, 0.2) is 5.11 Å². The SMILES string of the molecule is CC[S@](=O)[C@@H]1CCC[C@@H](N2C(=O)[C@@H](CCSC)NC2=S)C1. The molecule has 1 heterocycles. The molecule has 0 radical (unpaired) electrons. The van der Waals surface area contributed by atoms with Crippen LogP contribution in [0, 0.1) is 0 Å². The van der Waals surface area contributed by atoms with Crippen molar-refractivity contribution in [1.82, 2.24) is 10.2 Å². The lowest BCUT2D eigenvalue weighted by atomic mass is 9.93. The second kappa shape index (κ2) is 7.92. The molecule has 0 aromatic carbocycles. The van der Waals surface area contributed by atoms with Crippen molar-refractivity contribution in [3.05, 3.63) is 0 Å². The van der Waals surface area contributed by atoms with Gasteiger partial charge in [0.25, 0.3) is 5.91 Å². The van der Waals surface area contributed by atoms with Crippen molar-refractivity contribution >= 4 is 45.8 Å². The highest BCUT2D eigenvalue weighted by Gasteiger charge is 2.41. The second-order valence-electron chi connectivity index (χ2n) is 5.60. The van der Waals surface area contributed by atoms with E-state index in [-0.39, 0.29) is 23.2 Å². The molecule has 0 aromatic rings. The van der Waals surface area contributed by atoms with E-state index in [9.17, 15) is 9.00 Å². The number of carbonyl (C=O) groups excluding carboxylic acids is 1. The number of rotatable bonds is 6. The van der Waals surface area contributed by atoms with Gasteiger partial charge in [-0.1, -0.05) is 13.3 Å². The normalized spacial score (nSPS) is 31.3. The van der Waals surface area contributed by atoms with Gasteiger partial charge in [-0.2, -0.15) is 11.8 Å². The Kier molecular flexibility index (Phi) is 6.50. The number of hydrogen-bond donors (Lipinski definition) is 1. The fourth-order valence-electron chi connectivity index (χ4n) is 3.15. The average Bonchev–Trinajstić information content (AvgIpc) is 2.78. The van der Waals surface area contributed by atoms with Gasteiger partial charge in [-0.15, -0.1) is 0 Å². The van der Waals surface area contributed by atoms with E-state index in [1.165, 1.54) is 0 Å². The summed E-state index contributed by atoms with van der Waals surface area (Å²) in [5.41, 5.74) is 0. The van der Waals surface area contributed by atoms with Crippen LogP contribution in [0.4, 0.5) is 0 Å². The highest BCUT2D eigenvalue weighted by molar-refractivity contribution is 7.98. The summed E-state index contributed by atoms with van der Waals surface area (Å²) >= 11 is 7.11. The second-order valence-corrected chi connectivity index (χ2v) is 8.98. The summed E-state index contributed by atoms with van der Waals surface area (Å²) in [5.74, 6) is 1.76. The molecular weight excluding hydrogens is 324 g/mol. The van der Waals surface area contributed by atoms with Gasteiger partial charge in [-0.05, 0) is 49.9 Å². The minimum Gasteiger partial charge on any atom is -0.350 e. The molecule has 120 valence electrons. The lowest BCUT2D eigenvalue weighted by Crippen LogP contribution is -2.45. The van der Waals surface area contributed by atoms with Gasteiger partial charge in [0, 0.05) is 27.8 Å².